The third-order valence-electron chi connectivity index (χ3n) is 3.82. The van der Waals surface area contributed by atoms with Crippen molar-refractivity contribution in [2.45, 2.75) is 25.7 Å². The lowest BCUT2D eigenvalue weighted by Gasteiger charge is -2.26. The first-order valence-corrected chi connectivity index (χ1v) is 8.40. The topological polar surface area (TPSA) is 90.6 Å². The van der Waals surface area contributed by atoms with E-state index in [1.807, 2.05) is 22.2 Å². The van der Waals surface area contributed by atoms with E-state index in [0.29, 0.717) is 31.9 Å². The lowest BCUT2D eigenvalue weighted by molar-refractivity contribution is -0.122. The minimum absolute atomic E-state index is 0.00183. The molecule has 0 bridgehead atoms. The fourth-order valence-corrected chi connectivity index (χ4v) is 3.24. The van der Waals surface area contributed by atoms with Gasteiger partial charge in [-0.25, -0.2) is 0 Å². The number of fused-ring (bicyclic) bond motifs is 1. The molecule has 1 amide bonds. The largest absolute Gasteiger partial charge is 0.393 e. The molecule has 0 fully saturated rings. The van der Waals surface area contributed by atoms with Crippen LogP contribution in [0, 0.1) is 0 Å². The van der Waals surface area contributed by atoms with Gasteiger partial charge < -0.3 is 15.5 Å². The molecule has 0 aliphatic carbocycles. The summed E-state index contributed by atoms with van der Waals surface area (Å²) in [5, 5.41) is 27.8. The van der Waals surface area contributed by atoms with Crippen molar-refractivity contribution in [1.82, 2.24) is 20.0 Å². The van der Waals surface area contributed by atoms with Crippen molar-refractivity contribution in [2.75, 3.05) is 19.7 Å². The summed E-state index contributed by atoms with van der Waals surface area (Å²) in [5.41, 5.74) is 1.43. The maximum absolute atomic E-state index is 12.0. The van der Waals surface area contributed by atoms with Gasteiger partial charge in [0.25, 0.3) is 0 Å². The Kier molecular flexibility index (Phi) is 5.06. The van der Waals surface area contributed by atoms with Gasteiger partial charge >= 0.3 is 0 Å². The van der Waals surface area contributed by atoms with Crippen LogP contribution >= 0.6 is 11.3 Å². The summed E-state index contributed by atoms with van der Waals surface area (Å²) in [6.45, 7) is 2.58. The quantitative estimate of drug-likeness (QED) is 0.696. The van der Waals surface area contributed by atoms with Crippen LogP contribution in [0.4, 0.5) is 0 Å². The first-order chi connectivity index (χ1) is 11.2. The zero-order chi connectivity index (χ0) is 16.2. The second-order valence-corrected chi connectivity index (χ2v) is 6.58. The Morgan fingerprint density at radius 2 is 2.35 bits per heavy atom. The van der Waals surface area contributed by atoms with E-state index in [2.05, 4.69) is 15.3 Å². The summed E-state index contributed by atoms with van der Waals surface area (Å²) in [4.78, 5) is 15.2. The maximum Gasteiger partial charge on any atom is 0.234 e. The molecule has 0 aromatic carbocycles. The van der Waals surface area contributed by atoms with Crippen LogP contribution in [0.2, 0.25) is 0 Å². The number of thiophene rings is 1. The van der Waals surface area contributed by atoms with Crippen LogP contribution in [-0.2, 0) is 24.4 Å². The first-order valence-electron chi connectivity index (χ1n) is 7.52. The molecule has 7 nitrogen and oxygen atoms in total. The van der Waals surface area contributed by atoms with Gasteiger partial charge in [-0.05, 0) is 17.5 Å². The molecule has 1 aliphatic heterocycles. The van der Waals surface area contributed by atoms with Crippen LogP contribution in [0.5, 0.6) is 0 Å². The van der Waals surface area contributed by atoms with Gasteiger partial charge in [0.15, 0.2) is 0 Å². The third kappa shape index (κ3) is 3.97. The zero-order valence-corrected chi connectivity index (χ0v) is 13.5. The van der Waals surface area contributed by atoms with Gasteiger partial charge in [0, 0.05) is 18.0 Å². The van der Waals surface area contributed by atoms with Gasteiger partial charge in [-0.15, -0.1) is 11.3 Å². The molecule has 0 radical (unpaired) electrons. The summed E-state index contributed by atoms with van der Waals surface area (Å²) in [6.07, 6.45) is -0.948. The van der Waals surface area contributed by atoms with E-state index < -0.39 is 6.10 Å². The normalized spacial score (nSPS) is 16.1. The van der Waals surface area contributed by atoms with Gasteiger partial charge in [0.1, 0.15) is 6.10 Å². The molecule has 23 heavy (non-hydrogen) atoms. The summed E-state index contributed by atoms with van der Waals surface area (Å²) in [5.74, 6) is 0.00183. The molecule has 2 aromatic rings. The van der Waals surface area contributed by atoms with Crippen molar-refractivity contribution in [3.05, 3.63) is 39.8 Å². The average molecular weight is 336 g/mol. The molecule has 2 aromatic heterocycles. The predicted octanol–water partition coefficient (Wildman–Crippen LogP) is 0.102. The number of nitrogens with zero attached hydrogens (tertiary/aromatic N) is 3. The molecular formula is C15H20N4O3S. The SMILES string of the molecule is O=C(CN1CCn2nc(C(O)CO)cc2C1)NCc1cccs1. The molecular weight excluding hydrogens is 316 g/mol. The number of carbonyl (C=O) groups is 1. The molecule has 0 saturated heterocycles. The smallest absolute Gasteiger partial charge is 0.234 e. The molecule has 1 aliphatic rings. The fourth-order valence-electron chi connectivity index (χ4n) is 2.59. The number of aliphatic hydroxyl groups excluding tert-OH is 2. The Balaban J connectivity index is 1.52. The molecule has 0 saturated carbocycles. The summed E-state index contributed by atoms with van der Waals surface area (Å²) in [6, 6.07) is 5.76. The number of rotatable bonds is 6. The summed E-state index contributed by atoms with van der Waals surface area (Å²) >= 11 is 1.63. The predicted molar refractivity (Wildman–Crippen MR) is 85.7 cm³/mol. The average Bonchev–Trinajstić information content (AvgIpc) is 3.21. The van der Waals surface area contributed by atoms with Crippen LogP contribution in [0.3, 0.4) is 0 Å². The Hall–Kier alpha value is -1.74. The Morgan fingerprint density at radius 3 is 3.09 bits per heavy atom. The van der Waals surface area contributed by atoms with Crippen molar-refractivity contribution in [1.29, 1.82) is 0 Å². The minimum Gasteiger partial charge on any atom is -0.393 e. The van der Waals surface area contributed by atoms with E-state index >= 15 is 0 Å². The molecule has 1 atom stereocenters. The van der Waals surface area contributed by atoms with Crippen molar-refractivity contribution in [2.24, 2.45) is 0 Å². The van der Waals surface area contributed by atoms with E-state index in [0.717, 1.165) is 17.1 Å². The van der Waals surface area contributed by atoms with E-state index in [4.69, 9.17) is 5.11 Å². The standard InChI is InChI=1S/C15H20N4O3S/c20-10-14(21)13-6-11-8-18(3-4-19(11)17-13)9-15(22)16-7-12-2-1-5-23-12/h1-2,5-6,14,20-21H,3-4,7-10H2,(H,16,22). The highest BCUT2D eigenvalue weighted by Gasteiger charge is 2.22. The highest BCUT2D eigenvalue weighted by Crippen LogP contribution is 2.17. The fraction of sp³-hybridized carbons (Fsp3) is 0.467. The Labute approximate surface area is 138 Å². The molecule has 3 heterocycles. The van der Waals surface area contributed by atoms with Crippen LogP contribution < -0.4 is 5.32 Å². The second-order valence-electron chi connectivity index (χ2n) is 5.55. The van der Waals surface area contributed by atoms with E-state index in [1.54, 1.807) is 17.4 Å². The molecule has 0 spiro atoms. The van der Waals surface area contributed by atoms with Crippen LogP contribution in [0.15, 0.2) is 23.6 Å². The number of amides is 1. The summed E-state index contributed by atoms with van der Waals surface area (Å²) < 4.78 is 1.83. The number of hydrogen-bond donors (Lipinski definition) is 3. The van der Waals surface area contributed by atoms with Gasteiger partial charge in [-0.2, -0.15) is 5.10 Å². The molecule has 3 N–H and O–H groups in total. The second kappa shape index (κ2) is 7.22. The zero-order valence-electron chi connectivity index (χ0n) is 12.7. The van der Waals surface area contributed by atoms with Crippen molar-refractivity contribution < 1.29 is 15.0 Å². The highest BCUT2D eigenvalue weighted by molar-refractivity contribution is 7.09. The number of nitrogens with one attached hydrogen (secondary N) is 1. The van der Waals surface area contributed by atoms with Crippen molar-refractivity contribution >= 4 is 17.2 Å². The highest BCUT2D eigenvalue weighted by atomic mass is 32.1. The van der Waals surface area contributed by atoms with Gasteiger partial charge in [-0.1, -0.05) is 6.07 Å². The Bertz CT molecular complexity index is 656. The molecule has 1 unspecified atom stereocenters. The Morgan fingerprint density at radius 1 is 1.48 bits per heavy atom. The molecule has 124 valence electrons. The monoisotopic (exact) mass is 336 g/mol. The van der Waals surface area contributed by atoms with Gasteiger partial charge in [-0.3, -0.25) is 14.4 Å². The number of aromatic nitrogens is 2. The lowest BCUT2D eigenvalue weighted by atomic mass is 10.2. The molecule has 8 heteroatoms. The van der Waals surface area contributed by atoms with Gasteiger partial charge in [0.05, 0.1) is 37.6 Å². The van der Waals surface area contributed by atoms with Crippen molar-refractivity contribution in [3.8, 4) is 0 Å². The number of carbonyl (C=O) groups excluding carboxylic acids is 1. The summed E-state index contributed by atoms with van der Waals surface area (Å²) in [7, 11) is 0. The maximum atomic E-state index is 12.0. The van der Waals surface area contributed by atoms with E-state index in [9.17, 15) is 9.90 Å². The van der Waals surface area contributed by atoms with E-state index in [-0.39, 0.29) is 12.5 Å². The third-order valence-corrected chi connectivity index (χ3v) is 4.69. The van der Waals surface area contributed by atoms with Crippen molar-refractivity contribution in [3.63, 3.8) is 0 Å². The van der Waals surface area contributed by atoms with Crippen LogP contribution in [0.1, 0.15) is 22.4 Å². The number of hydrogen-bond acceptors (Lipinski definition) is 6. The van der Waals surface area contributed by atoms with Crippen LogP contribution in [0.25, 0.3) is 0 Å². The van der Waals surface area contributed by atoms with Crippen LogP contribution in [-0.4, -0.2) is 50.5 Å². The lowest BCUT2D eigenvalue weighted by Crippen LogP contribution is -2.41. The number of aliphatic hydroxyl groups is 2. The van der Waals surface area contributed by atoms with E-state index in [1.165, 1.54) is 0 Å². The molecule has 3 rings (SSSR count). The van der Waals surface area contributed by atoms with Gasteiger partial charge in [0.2, 0.25) is 5.91 Å². The minimum atomic E-state index is -0.948. The first kappa shape index (κ1) is 16.1.